The molecule has 0 aromatic carbocycles. The predicted molar refractivity (Wildman–Crippen MR) is 222 cm³/mol. The number of rotatable bonds is 39. The first-order valence-electron chi connectivity index (χ1n) is 21.4. The lowest BCUT2D eigenvalue weighted by Crippen LogP contribution is -2.29. The molecule has 0 saturated heterocycles. The van der Waals surface area contributed by atoms with Crippen LogP contribution < -0.4 is 5.32 Å². The summed E-state index contributed by atoms with van der Waals surface area (Å²) in [6.07, 6.45) is 30.6. The monoisotopic (exact) mass is 838 g/mol. The third-order valence-electron chi connectivity index (χ3n) is 9.34. The van der Waals surface area contributed by atoms with Gasteiger partial charge in [-0.3, -0.25) is 18.6 Å². The van der Waals surface area contributed by atoms with E-state index in [1.165, 1.54) is 122 Å². The summed E-state index contributed by atoms with van der Waals surface area (Å²) in [7, 11) is -4.55. The second-order valence-corrected chi connectivity index (χ2v) is 16.6. The van der Waals surface area contributed by atoms with Crippen molar-refractivity contribution in [1.29, 1.82) is 0 Å². The van der Waals surface area contributed by atoms with E-state index >= 15 is 0 Å². The van der Waals surface area contributed by atoms with E-state index in [2.05, 4.69) is 34.1 Å². The Hall–Kier alpha value is -1.56. The Morgan fingerprint density at radius 3 is 1.44 bits per heavy atom. The first kappa shape index (κ1) is 51.5. The fourth-order valence-electron chi connectivity index (χ4n) is 6.14. The molecule has 0 aliphatic rings. The lowest BCUT2D eigenvalue weighted by atomic mass is 10.0. The normalized spacial score (nSPS) is 13.0. The van der Waals surface area contributed by atoms with Gasteiger partial charge in [-0.25, -0.2) is 4.57 Å². The molecule has 1 heterocycles. The molecule has 0 bridgehead atoms. The van der Waals surface area contributed by atoms with Crippen molar-refractivity contribution in [2.24, 2.45) is 0 Å². The van der Waals surface area contributed by atoms with Gasteiger partial charge in [0.25, 0.3) is 0 Å². The smallest absolute Gasteiger partial charge is 0.462 e. The van der Waals surface area contributed by atoms with Crippen LogP contribution in [0.5, 0.6) is 0 Å². The maximum Gasteiger partial charge on any atom is 0.472 e. The quantitative estimate of drug-likeness (QED) is 0.0367. The minimum Gasteiger partial charge on any atom is -0.462 e. The summed E-state index contributed by atoms with van der Waals surface area (Å²) < 4.78 is 33.7. The molecule has 1 unspecified atom stereocenters. The lowest BCUT2D eigenvalue weighted by molar-refractivity contribution is -0.161. The van der Waals surface area contributed by atoms with Gasteiger partial charge in [-0.1, -0.05) is 168 Å². The van der Waals surface area contributed by atoms with Gasteiger partial charge in [-0.15, -0.1) is 0 Å². The molecule has 0 amide bonds. The second-order valence-electron chi connectivity index (χ2n) is 14.5. The van der Waals surface area contributed by atoms with E-state index in [9.17, 15) is 19.0 Å². The van der Waals surface area contributed by atoms with Crippen LogP contribution in [0.25, 0.3) is 0 Å². The van der Waals surface area contributed by atoms with Gasteiger partial charge in [-0.05, 0) is 36.0 Å². The summed E-state index contributed by atoms with van der Waals surface area (Å²) in [5.41, 5.74) is 0. The molecular formula is C40H73Cl2N4O8P. The Labute approximate surface area is 342 Å². The fourth-order valence-corrected chi connectivity index (χ4v) is 7.25. The number of phosphoric ester groups is 1. The van der Waals surface area contributed by atoms with Crippen molar-refractivity contribution < 1.29 is 37.6 Å². The molecule has 320 valence electrons. The summed E-state index contributed by atoms with van der Waals surface area (Å²) >= 11 is 11.5. The Balaban J connectivity index is 2.39. The summed E-state index contributed by atoms with van der Waals surface area (Å²) in [6, 6.07) is 0. The first-order valence-corrected chi connectivity index (χ1v) is 23.7. The average Bonchev–Trinajstić information content (AvgIpc) is 3.14. The maximum absolute atomic E-state index is 12.7. The molecule has 1 rings (SSSR count). The number of anilines is 1. The molecule has 0 aliphatic carbocycles. The van der Waals surface area contributed by atoms with E-state index in [1.807, 2.05) is 0 Å². The van der Waals surface area contributed by atoms with Gasteiger partial charge in [0.2, 0.25) is 16.5 Å². The van der Waals surface area contributed by atoms with E-state index in [-0.39, 0.29) is 49.1 Å². The van der Waals surface area contributed by atoms with Crippen molar-refractivity contribution in [3.63, 3.8) is 0 Å². The van der Waals surface area contributed by atoms with Crippen LogP contribution in [0.1, 0.15) is 194 Å². The van der Waals surface area contributed by atoms with Gasteiger partial charge in [0, 0.05) is 19.4 Å². The molecule has 15 heteroatoms. The molecular weight excluding hydrogens is 766 g/mol. The number of esters is 2. The molecule has 12 nitrogen and oxygen atoms in total. The predicted octanol–water partition coefficient (Wildman–Crippen LogP) is 12.1. The Morgan fingerprint density at radius 2 is 1.00 bits per heavy atom. The Kier molecular flexibility index (Phi) is 33.3. The minimum absolute atomic E-state index is 0.0267. The lowest BCUT2D eigenvalue weighted by Gasteiger charge is -2.20. The number of hydrogen-bond donors (Lipinski definition) is 2. The van der Waals surface area contributed by atoms with Crippen LogP contribution in [0, 0.1) is 0 Å². The summed E-state index contributed by atoms with van der Waals surface area (Å²) in [5.74, 6) is -0.816. The average molecular weight is 840 g/mol. The van der Waals surface area contributed by atoms with E-state index in [1.54, 1.807) is 0 Å². The highest BCUT2D eigenvalue weighted by atomic mass is 35.5. The number of nitrogens with zero attached hydrogens (tertiary/aromatic N) is 3. The second kappa shape index (κ2) is 35.6. The van der Waals surface area contributed by atoms with Gasteiger partial charge in [0.15, 0.2) is 6.10 Å². The zero-order valence-electron chi connectivity index (χ0n) is 34.1. The van der Waals surface area contributed by atoms with E-state index < -0.39 is 32.5 Å². The molecule has 0 aliphatic heterocycles. The third kappa shape index (κ3) is 33.2. The van der Waals surface area contributed by atoms with E-state index in [0.717, 1.165) is 32.1 Å². The number of phosphoric acid groups is 1. The van der Waals surface area contributed by atoms with Gasteiger partial charge in [0.05, 0.1) is 13.2 Å². The van der Waals surface area contributed by atoms with E-state index in [0.29, 0.717) is 12.8 Å². The number of ether oxygens (including phenoxy) is 2. The molecule has 2 N–H and O–H groups in total. The van der Waals surface area contributed by atoms with Crippen molar-refractivity contribution in [2.45, 2.75) is 200 Å². The molecule has 0 saturated carbocycles. The van der Waals surface area contributed by atoms with Gasteiger partial charge < -0.3 is 19.7 Å². The summed E-state index contributed by atoms with van der Waals surface area (Å²) in [6.45, 7) is 3.47. The van der Waals surface area contributed by atoms with Crippen LogP contribution in [0.3, 0.4) is 0 Å². The number of hydrogen-bond acceptors (Lipinski definition) is 11. The topological polar surface area (TPSA) is 159 Å². The molecule has 1 aromatic heterocycles. The maximum atomic E-state index is 12.7. The van der Waals surface area contributed by atoms with Crippen molar-refractivity contribution in [3.05, 3.63) is 10.6 Å². The van der Waals surface area contributed by atoms with Crippen molar-refractivity contribution in [1.82, 2.24) is 15.0 Å². The van der Waals surface area contributed by atoms with Crippen LogP contribution >= 0.6 is 31.0 Å². The number of nitrogens with one attached hydrogen (secondary N) is 1. The molecule has 55 heavy (non-hydrogen) atoms. The number of carbonyl (C=O) groups excluding carboxylic acids is 2. The first-order chi connectivity index (χ1) is 26.6. The number of carbonyl (C=O) groups is 2. The number of halogens is 2. The zero-order chi connectivity index (χ0) is 40.2. The zero-order valence-corrected chi connectivity index (χ0v) is 36.5. The highest BCUT2D eigenvalue weighted by molar-refractivity contribution is 7.47. The molecule has 0 spiro atoms. The standard InChI is InChI=1S/C40H73Cl2N4O8P/c1-3-5-7-9-11-13-15-17-19-21-23-25-27-29-36(47)51-33-35(34-53-55(49,50)52-32-31-43-40-45-38(41)44-39(42)46-40)54-37(48)30-28-26-24-22-20-18-16-14-12-10-8-6-4-2/h35H,3-34H2,1-2H3,(H,49,50)(H,43,44,45,46)/t35-/m1/s1. The highest BCUT2D eigenvalue weighted by Crippen LogP contribution is 2.43. The Bertz CT molecular complexity index is 1140. The Morgan fingerprint density at radius 1 is 0.600 bits per heavy atom. The van der Waals surface area contributed by atoms with Crippen LogP contribution in [0.2, 0.25) is 10.6 Å². The summed E-state index contributed by atoms with van der Waals surface area (Å²) in [4.78, 5) is 46.8. The van der Waals surface area contributed by atoms with E-state index in [4.69, 9.17) is 41.7 Å². The van der Waals surface area contributed by atoms with Gasteiger partial charge in [0.1, 0.15) is 6.61 Å². The minimum atomic E-state index is -4.55. The highest BCUT2D eigenvalue weighted by Gasteiger charge is 2.26. The summed E-state index contributed by atoms with van der Waals surface area (Å²) in [5, 5.41) is 2.52. The fraction of sp³-hybridized carbons (Fsp3) is 0.875. The molecule has 0 fully saturated rings. The van der Waals surface area contributed by atoms with Crippen molar-refractivity contribution in [2.75, 3.05) is 31.7 Å². The van der Waals surface area contributed by atoms with Crippen LogP contribution in [-0.4, -0.2) is 64.3 Å². The SMILES string of the molecule is CCCCCCCCCCCCCCCC(=O)OC[C@H](COP(=O)(O)OCCNc1nc(Cl)nc(Cl)n1)OC(=O)CCCCCCCCCCCCCCC. The van der Waals surface area contributed by atoms with Crippen LogP contribution in [-0.2, 0) is 32.7 Å². The molecule has 1 aromatic rings. The largest absolute Gasteiger partial charge is 0.472 e. The van der Waals surface area contributed by atoms with Crippen molar-refractivity contribution in [3.8, 4) is 0 Å². The number of unbranched alkanes of at least 4 members (excludes halogenated alkanes) is 24. The molecule has 2 atom stereocenters. The van der Waals surface area contributed by atoms with Gasteiger partial charge >= 0.3 is 19.8 Å². The van der Waals surface area contributed by atoms with Gasteiger partial charge in [-0.2, -0.15) is 15.0 Å². The van der Waals surface area contributed by atoms with Crippen LogP contribution in [0.4, 0.5) is 5.95 Å². The molecule has 0 radical (unpaired) electrons. The number of aromatic nitrogens is 3. The van der Waals surface area contributed by atoms with Crippen molar-refractivity contribution >= 4 is 48.9 Å². The third-order valence-corrected chi connectivity index (χ3v) is 10.7. The van der Waals surface area contributed by atoms with Crippen LogP contribution in [0.15, 0.2) is 0 Å².